The number of aromatic nitrogens is 2. The molecule has 1 atom stereocenters. The maximum Gasteiger partial charge on any atom is 0.325 e. The van der Waals surface area contributed by atoms with Crippen molar-refractivity contribution in [2.45, 2.75) is 19.3 Å². The van der Waals surface area contributed by atoms with Crippen molar-refractivity contribution >= 4 is 7.60 Å². The summed E-state index contributed by atoms with van der Waals surface area (Å²) >= 11 is 0. The second kappa shape index (κ2) is 4.64. The third-order valence-electron chi connectivity index (χ3n) is 1.95. The quantitative estimate of drug-likeness (QED) is 0.737. The molecule has 1 aromatic heterocycles. The fourth-order valence-electron chi connectivity index (χ4n) is 1.09. The van der Waals surface area contributed by atoms with Gasteiger partial charge in [0.1, 0.15) is 0 Å². The van der Waals surface area contributed by atoms with Gasteiger partial charge in [-0.2, -0.15) is 10.2 Å². The van der Waals surface area contributed by atoms with E-state index in [-0.39, 0.29) is 12.1 Å². The predicted octanol–water partition coefficient (Wildman–Crippen LogP) is 1.15. The van der Waals surface area contributed by atoms with E-state index in [1.165, 1.54) is 0 Å². The minimum absolute atomic E-state index is 0.0244. The van der Waals surface area contributed by atoms with Crippen molar-refractivity contribution in [3.8, 4) is 0 Å². The van der Waals surface area contributed by atoms with Crippen molar-refractivity contribution in [1.29, 1.82) is 0 Å². The van der Waals surface area contributed by atoms with Gasteiger partial charge in [0.15, 0.2) is 0 Å². The summed E-state index contributed by atoms with van der Waals surface area (Å²) in [5.74, 6) is 0.0244. The lowest BCUT2D eigenvalue weighted by Gasteiger charge is -2.10. The first-order valence-corrected chi connectivity index (χ1v) is 6.11. The standard InChI is InChI=1S/C8H13N2O3P/c1-7(4-6-14(11,12)13)8-3-2-5-9-10-8/h2-3,5,7H,4,6H2,1H3,(H2,11,12,13). The fourth-order valence-corrected chi connectivity index (χ4v) is 1.81. The Labute approximate surface area is 82.4 Å². The van der Waals surface area contributed by atoms with E-state index in [1.54, 1.807) is 18.3 Å². The molecule has 0 aliphatic heterocycles. The lowest BCUT2D eigenvalue weighted by molar-refractivity contribution is 0.370. The highest BCUT2D eigenvalue weighted by atomic mass is 31.2. The Morgan fingerprint density at radius 1 is 1.57 bits per heavy atom. The molecule has 1 heterocycles. The molecular weight excluding hydrogens is 203 g/mol. The van der Waals surface area contributed by atoms with E-state index in [0.29, 0.717) is 6.42 Å². The van der Waals surface area contributed by atoms with E-state index < -0.39 is 7.60 Å². The van der Waals surface area contributed by atoms with Gasteiger partial charge in [-0.3, -0.25) is 4.57 Å². The SMILES string of the molecule is CC(CCP(=O)(O)O)c1cccnn1. The second-order valence-corrected chi connectivity index (χ2v) is 5.00. The highest BCUT2D eigenvalue weighted by molar-refractivity contribution is 7.51. The van der Waals surface area contributed by atoms with Crippen LogP contribution >= 0.6 is 7.60 Å². The molecule has 0 amide bonds. The Morgan fingerprint density at radius 2 is 2.29 bits per heavy atom. The zero-order valence-electron chi connectivity index (χ0n) is 7.87. The van der Waals surface area contributed by atoms with Crippen LogP contribution in [0, 0.1) is 0 Å². The van der Waals surface area contributed by atoms with Gasteiger partial charge in [0.25, 0.3) is 0 Å². The van der Waals surface area contributed by atoms with Crippen molar-refractivity contribution in [1.82, 2.24) is 10.2 Å². The third-order valence-corrected chi connectivity index (χ3v) is 2.79. The summed E-state index contributed by atoms with van der Waals surface area (Å²) in [7, 11) is -3.89. The van der Waals surface area contributed by atoms with Gasteiger partial charge in [0.05, 0.1) is 11.9 Å². The number of nitrogens with zero attached hydrogens (tertiary/aromatic N) is 2. The summed E-state index contributed by atoms with van der Waals surface area (Å²) in [5.41, 5.74) is 0.765. The van der Waals surface area contributed by atoms with Crippen LogP contribution in [0.15, 0.2) is 18.3 Å². The molecule has 2 N–H and O–H groups in total. The lowest BCUT2D eigenvalue weighted by Crippen LogP contribution is -2.01. The highest BCUT2D eigenvalue weighted by Gasteiger charge is 2.16. The molecule has 78 valence electrons. The molecule has 1 unspecified atom stereocenters. The normalized spacial score (nSPS) is 13.9. The van der Waals surface area contributed by atoms with E-state index in [1.807, 2.05) is 6.92 Å². The molecule has 14 heavy (non-hydrogen) atoms. The van der Waals surface area contributed by atoms with Crippen molar-refractivity contribution in [3.05, 3.63) is 24.0 Å². The van der Waals surface area contributed by atoms with E-state index >= 15 is 0 Å². The summed E-state index contributed by atoms with van der Waals surface area (Å²) in [4.78, 5) is 17.4. The first kappa shape index (κ1) is 11.3. The van der Waals surface area contributed by atoms with Gasteiger partial charge >= 0.3 is 7.60 Å². The number of rotatable bonds is 4. The van der Waals surface area contributed by atoms with Crippen LogP contribution in [0.4, 0.5) is 0 Å². The van der Waals surface area contributed by atoms with Gasteiger partial charge in [-0.1, -0.05) is 6.92 Å². The first-order chi connectivity index (χ1) is 6.49. The number of hydrogen-bond donors (Lipinski definition) is 2. The average molecular weight is 216 g/mol. The molecule has 0 spiro atoms. The minimum atomic E-state index is -3.89. The van der Waals surface area contributed by atoms with Gasteiger partial charge in [0, 0.05) is 12.1 Å². The van der Waals surface area contributed by atoms with Crippen molar-refractivity contribution in [3.63, 3.8) is 0 Å². The Morgan fingerprint density at radius 3 is 2.79 bits per heavy atom. The zero-order valence-corrected chi connectivity index (χ0v) is 8.76. The third kappa shape index (κ3) is 3.96. The van der Waals surface area contributed by atoms with Crippen LogP contribution in [0.25, 0.3) is 0 Å². The second-order valence-electron chi connectivity index (χ2n) is 3.23. The molecule has 0 fully saturated rings. The Balaban J connectivity index is 2.52. The Hall–Kier alpha value is -0.770. The molecule has 6 heteroatoms. The minimum Gasteiger partial charge on any atom is -0.324 e. The highest BCUT2D eigenvalue weighted by Crippen LogP contribution is 2.37. The topological polar surface area (TPSA) is 83.3 Å². The summed E-state index contributed by atoms with van der Waals surface area (Å²) in [6.45, 7) is 1.87. The van der Waals surface area contributed by atoms with Crippen LogP contribution in [-0.2, 0) is 4.57 Å². The molecule has 0 aliphatic carbocycles. The van der Waals surface area contributed by atoms with Crippen LogP contribution in [-0.4, -0.2) is 26.1 Å². The van der Waals surface area contributed by atoms with Crippen LogP contribution < -0.4 is 0 Å². The summed E-state index contributed by atoms with van der Waals surface area (Å²) in [5, 5.41) is 7.58. The molecule has 5 nitrogen and oxygen atoms in total. The van der Waals surface area contributed by atoms with E-state index in [9.17, 15) is 4.57 Å². The Bertz CT molecular complexity index is 325. The summed E-state index contributed by atoms with van der Waals surface area (Å²) < 4.78 is 10.6. The summed E-state index contributed by atoms with van der Waals surface area (Å²) in [6.07, 6.45) is 1.88. The lowest BCUT2D eigenvalue weighted by atomic mass is 10.1. The van der Waals surface area contributed by atoms with Gasteiger partial charge in [-0.05, 0) is 18.6 Å². The maximum atomic E-state index is 10.6. The van der Waals surface area contributed by atoms with Crippen LogP contribution in [0.2, 0.25) is 0 Å². The van der Waals surface area contributed by atoms with Gasteiger partial charge < -0.3 is 9.79 Å². The maximum absolute atomic E-state index is 10.6. The molecule has 0 aromatic carbocycles. The van der Waals surface area contributed by atoms with Crippen molar-refractivity contribution in [2.75, 3.05) is 6.16 Å². The van der Waals surface area contributed by atoms with Crippen LogP contribution in [0.5, 0.6) is 0 Å². The molecular formula is C8H13N2O3P. The summed E-state index contributed by atoms with van der Waals surface area (Å²) in [6, 6.07) is 3.56. The molecule has 1 rings (SSSR count). The van der Waals surface area contributed by atoms with Crippen molar-refractivity contribution in [2.24, 2.45) is 0 Å². The van der Waals surface area contributed by atoms with E-state index in [2.05, 4.69) is 10.2 Å². The molecule has 0 saturated carbocycles. The smallest absolute Gasteiger partial charge is 0.324 e. The van der Waals surface area contributed by atoms with Crippen LogP contribution in [0.3, 0.4) is 0 Å². The molecule has 0 saturated heterocycles. The largest absolute Gasteiger partial charge is 0.325 e. The monoisotopic (exact) mass is 216 g/mol. The van der Waals surface area contributed by atoms with E-state index in [0.717, 1.165) is 5.69 Å². The van der Waals surface area contributed by atoms with Gasteiger partial charge in [0.2, 0.25) is 0 Å². The van der Waals surface area contributed by atoms with E-state index in [4.69, 9.17) is 9.79 Å². The fraction of sp³-hybridized carbons (Fsp3) is 0.500. The van der Waals surface area contributed by atoms with Gasteiger partial charge in [-0.15, -0.1) is 0 Å². The zero-order chi connectivity index (χ0) is 10.6. The van der Waals surface area contributed by atoms with Crippen molar-refractivity contribution < 1.29 is 14.4 Å². The predicted molar refractivity (Wildman–Crippen MR) is 52.0 cm³/mol. The van der Waals surface area contributed by atoms with Gasteiger partial charge in [-0.25, -0.2) is 0 Å². The molecule has 0 bridgehead atoms. The Kier molecular flexibility index (Phi) is 3.75. The average Bonchev–Trinajstić information content (AvgIpc) is 2.14. The first-order valence-electron chi connectivity index (χ1n) is 4.31. The molecule has 0 radical (unpaired) electrons. The van der Waals surface area contributed by atoms with Crippen LogP contribution in [0.1, 0.15) is 25.0 Å². The molecule has 1 aromatic rings. The molecule has 0 aliphatic rings. The number of hydrogen-bond acceptors (Lipinski definition) is 3.